The van der Waals surface area contributed by atoms with Gasteiger partial charge in [-0.15, -0.1) is 0 Å². The van der Waals surface area contributed by atoms with Crippen molar-refractivity contribution in [3.05, 3.63) is 47.3 Å². The summed E-state index contributed by atoms with van der Waals surface area (Å²) in [4.78, 5) is 16.2. The predicted octanol–water partition coefficient (Wildman–Crippen LogP) is -0.0542. The molecule has 8 heteroatoms. The maximum atomic E-state index is 12.9. The van der Waals surface area contributed by atoms with Crippen LogP contribution in [-0.4, -0.2) is 72.7 Å². The molecule has 0 saturated carbocycles. The average molecular weight is 418 g/mol. The van der Waals surface area contributed by atoms with Gasteiger partial charge in [0.1, 0.15) is 11.8 Å². The van der Waals surface area contributed by atoms with Gasteiger partial charge in [-0.3, -0.25) is 4.79 Å². The molecule has 3 heterocycles. The van der Waals surface area contributed by atoms with Gasteiger partial charge in [-0.2, -0.15) is 5.10 Å². The second-order valence-electron chi connectivity index (χ2n) is 8.21. The molecular weight excluding hydrogens is 388 g/mol. The van der Waals surface area contributed by atoms with Crippen LogP contribution in [0.3, 0.4) is 0 Å². The van der Waals surface area contributed by atoms with Crippen LogP contribution >= 0.6 is 0 Å². The fraction of sp³-hybridized carbons (Fsp3) is 0.524. The smallest absolute Gasteiger partial charge is 0.227 e. The highest BCUT2D eigenvalue weighted by molar-refractivity contribution is 7.91. The summed E-state index contributed by atoms with van der Waals surface area (Å²) in [5.41, 5.74) is 3.88. The summed E-state index contributed by atoms with van der Waals surface area (Å²) < 4.78 is 25.4. The van der Waals surface area contributed by atoms with Gasteiger partial charge in [0.15, 0.2) is 9.84 Å². The minimum absolute atomic E-state index is 0.127. The molecule has 29 heavy (non-hydrogen) atoms. The normalized spacial score (nSPS) is 22.1. The molecule has 2 fully saturated rings. The average Bonchev–Trinajstić information content (AvgIpc) is 3.22. The Bertz CT molecular complexity index is 992. The third kappa shape index (κ3) is 4.23. The molecule has 1 aromatic carbocycles. The van der Waals surface area contributed by atoms with Gasteiger partial charge in [0.05, 0.1) is 49.7 Å². The van der Waals surface area contributed by atoms with Crippen molar-refractivity contribution < 1.29 is 18.1 Å². The molecule has 1 atom stereocenters. The molecular formula is C21H29N4O3S+. The maximum absolute atomic E-state index is 12.9. The fourth-order valence-electron chi connectivity index (χ4n) is 4.58. The highest BCUT2D eigenvalue weighted by atomic mass is 32.2. The summed E-state index contributed by atoms with van der Waals surface area (Å²) >= 11 is 0. The van der Waals surface area contributed by atoms with Gasteiger partial charge >= 0.3 is 0 Å². The maximum Gasteiger partial charge on any atom is 0.227 e. The number of aromatic nitrogens is 2. The number of carbonyl (C=O) groups excluding carboxylic acids is 1. The molecule has 7 nitrogen and oxygen atoms in total. The molecule has 0 bridgehead atoms. The van der Waals surface area contributed by atoms with Crippen LogP contribution in [0.5, 0.6) is 0 Å². The molecule has 156 valence electrons. The zero-order valence-electron chi connectivity index (χ0n) is 17.1. The second-order valence-corrected chi connectivity index (χ2v) is 10.4. The Hall–Kier alpha value is -2.19. The minimum Gasteiger partial charge on any atom is -0.331 e. The lowest BCUT2D eigenvalue weighted by Crippen LogP contribution is -3.18. The number of para-hydroxylation sites is 1. The van der Waals surface area contributed by atoms with Crippen LogP contribution in [0, 0.1) is 13.8 Å². The minimum atomic E-state index is -2.86. The number of hydrogen-bond acceptors (Lipinski definition) is 4. The molecule has 0 radical (unpaired) electrons. The quantitative estimate of drug-likeness (QED) is 0.757. The first-order valence-electron chi connectivity index (χ1n) is 10.3. The molecule has 2 aliphatic rings. The fourth-order valence-corrected chi connectivity index (χ4v) is 6.41. The zero-order chi connectivity index (χ0) is 20.6. The summed E-state index contributed by atoms with van der Waals surface area (Å²) in [7, 11) is -2.86. The number of piperazine rings is 1. The van der Waals surface area contributed by atoms with Crippen molar-refractivity contribution in [3.8, 4) is 5.69 Å². The number of carbonyl (C=O) groups is 1. The van der Waals surface area contributed by atoms with E-state index in [4.69, 9.17) is 0 Å². The van der Waals surface area contributed by atoms with E-state index >= 15 is 0 Å². The number of amides is 1. The lowest BCUT2D eigenvalue weighted by atomic mass is 10.1. The molecule has 1 amide bonds. The molecule has 2 saturated heterocycles. The van der Waals surface area contributed by atoms with Crippen molar-refractivity contribution in [2.45, 2.75) is 32.7 Å². The molecule has 4 rings (SSSR count). The Labute approximate surface area is 172 Å². The number of quaternary nitrogens is 1. The molecule has 0 spiro atoms. The first-order valence-corrected chi connectivity index (χ1v) is 12.1. The standard InChI is InChI=1S/C21H28N4O3S/c1-16-20(17(2)25(22-16)18-6-4-3-5-7-18)14-21(26)24-11-9-23(10-12-24)19-8-13-29(27,28)15-19/h3-7,19H,8-15H2,1-2H3/p+1/t19-/m0/s1. The third-order valence-corrected chi connectivity index (χ3v) is 8.11. The second kappa shape index (κ2) is 7.91. The number of sulfone groups is 1. The summed E-state index contributed by atoms with van der Waals surface area (Å²) in [5, 5.41) is 4.64. The summed E-state index contributed by atoms with van der Waals surface area (Å²) in [6.07, 6.45) is 1.11. The van der Waals surface area contributed by atoms with Gasteiger partial charge in [0.2, 0.25) is 5.91 Å². The molecule has 1 N–H and O–H groups in total. The number of nitrogens with zero attached hydrogens (tertiary/aromatic N) is 3. The first kappa shape index (κ1) is 20.1. The van der Waals surface area contributed by atoms with E-state index in [0.717, 1.165) is 42.1 Å². The lowest BCUT2D eigenvalue weighted by Gasteiger charge is -2.35. The van der Waals surface area contributed by atoms with Crippen molar-refractivity contribution in [3.63, 3.8) is 0 Å². The van der Waals surface area contributed by atoms with Crippen LogP contribution in [0.2, 0.25) is 0 Å². The topological polar surface area (TPSA) is 76.7 Å². The van der Waals surface area contributed by atoms with Crippen LogP contribution in [0.25, 0.3) is 5.69 Å². The van der Waals surface area contributed by atoms with Crippen molar-refractivity contribution in [2.75, 3.05) is 37.7 Å². The van der Waals surface area contributed by atoms with Gasteiger partial charge in [0.25, 0.3) is 0 Å². The zero-order valence-corrected chi connectivity index (χ0v) is 17.9. The van der Waals surface area contributed by atoms with Gasteiger partial charge in [0, 0.05) is 17.7 Å². The van der Waals surface area contributed by atoms with Crippen LogP contribution in [0.4, 0.5) is 0 Å². The SMILES string of the molecule is Cc1nn(-c2ccccc2)c(C)c1CC(=O)N1CC[NH+]([C@H]2CCS(=O)(=O)C2)CC1. The highest BCUT2D eigenvalue weighted by Crippen LogP contribution is 2.19. The van der Waals surface area contributed by atoms with Gasteiger partial charge in [-0.05, 0) is 26.0 Å². The number of hydrogen-bond donors (Lipinski definition) is 1. The van der Waals surface area contributed by atoms with Crippen LogP contribution in [0.1, 0.15) is 23.4 Å². The van der Waals surface area contributed by atoms with E-state index in [1.54, 1.807) is 0 Å². The summed E-state index contributed by atoms with van der Waals surface area (Å²) in [6, 6.07) is 10.2. The van der Waals surface area contributed by atoms with Crippen LogP contribution < -0.4 is 4.90 Å². The highest BCUT2D eigenvalue weighted by Gasteiger charge is 2.37. The molecule has 1 aromatic heterocycles. The molecule has 2 aliphatic heterocycles. The Balaban J connectivity index is 1.39. The van der Waals surface area contributed by atoms with E-state index < -0.39 is 9.84 Å². The van der Waals surface area contributed by atoms with Gasteiger partial charge < -0.3 is 9.80 Å². The largest absolute Gasteiger partial charge is 0.331 e. The Morgan fingerprint density at radius 2 is 1.86 bits per heavy atom. The van der Waals surface area contributed by atoms with E-state index in [1.807, 2.05) is 53.8 Å². The Morgan fingerprint density at radius 3 is 2.48 bits per heavy atom. The monoisotopic (exact) mass is 417 g/mol. The van der Waals surface area contributed by atoms with Crippen molar-refractivity contribution >= 4 is 15.7 Å². The van der Waals surface area contributed by atoms with E-state index in [1.165, 1.54) is 4.90 Å². The Morgan fingerprint density at radius 1 is 1.17 bits per heavy atom. The number of nitrogens with one attached hydrogen (secondary N) is 1. The van der Waals surface area contributed by atoms with Crippen molar-refractivity contribution in [1.82, 2.24) is 14.7 Å². The number of aryl methyl sites for hydroxylation is 1. The summed E-state index contributed by atoms with van der Waals surface area (Å²) in [5.74, 6) is 0.739. The van der Waals surface area contributed by atoms with E-state index in [0.29, 0.717) is 31.0 Å². The molecule has 0 aliphatic carbocycles. The van der Waals surface area contributed by atoms with Crippen LogP contribution in [-0.2, 0) is 21.1 Å². The van der Waals surface area contributed by atoms with Crippen molar-refractivity contribution in [1.29, 1.82) is 0 Å². The summed E-state index contributed by atoms with van der Waals surface area (Å²) in [6.45, 7) is 7.00. The third-order valence-electron chi connectivity index (χ3n) is 6.34. The first-order chi connectivity index (χ1) is 13.8. The van der Waals surface area contributed by atoms with Crippen molar-refractivity contribution in [2.24, 2.45) is 0 Å². The van der Waals surface area contributed by atoms with E-state index in [-0.39, 0.29) is 11.9 Å². The number of rotatable bonds is 4. The van der Waals surface area contributed by atoms with Gasteiger partial charge in [-0.25, -0.2) is 13.1 Å². The Kier molecular flexibility index (Phi) is 5.48. The number of benzene rings is 1. The predicted molar refractivity (Wildman–Crippen MR) is 111 cm³/mol. The van der Waals surface area contributed by atoms with Gasteiger partial charge in [-0.1, -0.05) is 18.2 Å². The lowest BCUT2D eigenvalue weighted by molar-refractivity contribution is -0.925. The van der Waals surface area contributed by atoms with E-state index in [2.05, 4.69) is 5.10 Å². The van der Waals surface area contributed by atoms with Crippen LogP contribution in [0.15, 0.2) is 30.3 Å². The molecule has 0 unspecified atom stereocenters. The molecule has 2 aromatic rings. The van der Waals surface area contributed by atoms with E-state index in [9.17, 15) is 13.2 Å².